The van der Waals surface area contributed by atoms with E-state index in [4.69, 9.17) is 9.84 Å². The molecule has 0 aromatic heterocycles. The third-order valence-electron chi connectivity index (χ3n) is 2.94. The Kier molecular flexibility index (Phi) is 4.67. The lowest BCUT2D eigenvalue weighted by atomic mass is 10.2. The zero-order valence-electron chi connectivity index (χ0n) is 11.8. The molecule has 0 aliphatic carbocycles. The summed E-state index contributed by atoms with van der Waals surface area (Å²) in [5, 5.41) is 8.70. The number of hydrogen-bond donors (Lipinski definition) is 2. The van der Waals surface area contributed by atoms with Crippen LogP contribution in [0.3, 0.4) is 0 Å². The van der Waals surface area contributed by atoms with Crippen LogP contribution in [-0.2, 0) is 21.2 Å². The molecular weight excluding hydrogens is 306 g/mol. The SMILES string of the molecule is COc1ccccc1NS(=O)(=O)c1ccc(CC(=O)O)cc1. The van der Waals surface area contributed by atoms with Gasteiger partial charge < -0.3 is 9.84 Å². The minimum absolute atomic E-state index is 0.0487. The average Bonchev–Trinajstić information content (AvgIpc) is 2.47. The summed E-state index contributed by atoms with van der Waals surface area (Å²) in [4.78, 5) is 10.7. The van der Waals surface area contributed by atoms with Gasteiger partial charge in [0.05, 0.1) is 24.1 Å². The van der Waals surface area contributed by atoms with E-state index >= 15 is 0 Å². The maximum absolute atomic E-state index is 12.3. The molecule has 0 saturated carbocycles. The van der Waals surface area contributed by atoms with Crippen LogP contribution in [-0.4, -0.2) is 26.6 Å². The van der Waals surface area contributed by atoms with E-state index in [1.54, 1.807) is 24.3 Å². The number of nitrogens with one attached hydrogen (secondary N) is 1. The second-order valence-electron chi connectivity index (χ2n) is 4.52. The van der Waals surface area contributed by atoms with E-state index < -0.39 is 16.0 Å². The smallest absolute Gasteiger partial charge is 0.307 e. The second kappa shape index (κ2) is 6.48. The van der Waals surface area contributed by atoms with Crippen LogP contribution in [0, 0.1) is 0 Å². The first-order valence-electron chi connectivity index (χ1n) is 6.39. The van der Waals surface area contributed by atoms with Crippen molar-refractivity contribution < 1.29 is 23.1 Å². The van der Waals surface area contributed by atoms with Crippen molar-refractivity contribution in [2.45, 2.75) is 11.3 Å². The first-order chi connectivity index (χ1) is 10.4. The highest BCUT2D eigenvalue weighted by atomic mass is 32.2. The number of rotatable bonds is 6. The van der Waals surface area contributed by atoms with Crippen LogP contribution in [0.2, 0.25) is 0 Å². The average molecular weight is 321 g/mol. The molecule has 0 saturated heterocycles. The molecule has 0 heterocycles. The van der Waals surface area contributed by atoms with Gasteiger partial charge in [0.1, 0.15) is 5.75 Å². The molecule has 2 rings (SSSR count). The van der Waals surface area contributed by atoms with Crippen LogP contribution >= 0.6 is 0 Å². The van der Waals surface area contributed by atoms with E-state index in [9.17, 15) is 13.2 Å². The van der Waals surface area contributed by atoms with Gasteiger partial charge >= 0.3 is 5.97 Å². The lowest BCUT2D eigenvalue weighted by molar-refractivity contribution is -0.136. The van der Waals surface area contributed by atoms with Crippen molar-refractivity contribution in [3.8, 4) is 5.75 Å². The quantitative estimate of drug-likeness (QED) is 0.850. The van der Waals surface area contributed by atoms with Gasteiger partial charge in [-0.05, 0) is 29.8 Å². The number of anilines is 1. The highest BCUT2D eigenvalue weighted by Gasteiger charge is 2.16. The predicted molar refractivity (Wildman–Crippen MR) is 81.6 cm³/mol. The number of carbonyl (C=O) groups is 1. The van der Waals surface area contributed by atoms with Gasteiger partial charge in [-0.25, -0.2) is 8.42 Å². The Balaban J connectivity index is 2.25. The molecule has 0 aliphatic rings. The Hall–Kier alpha value is -2.54. The molecule has 2 aromatic carbocycles. The summed E-state index contributed by atoms with van der Waals surface area (Å²) >= 11 is 0. The third-order valence-corrected chi connectivity index (χ3v) is 4.32. The molecule has 2 N–H and O–H groups in total. The van der Waals surface area contributed by atoms with Crippen molar-refractivity contribution in [1.29, 1.82) is 0 Å². The van der Waals surface area contributed by atoms with Gasteiger partial charge in [0.2, 0.25) is 0 Å². The summed E-state index contributed by atoms with van der Waals surface area (Å²) in [7, 11) is -2.32. The topological polar surface area (TPSA) is 92.7 Å². The Morgan fingerprint density at radius 3 is 2.36 bits per heavy atom. The molecule has 0 bridgehead atoms. The van der Waals surface area contributed by atoms with Crippen molar-refractivity contribution >= 4 is 21.7 Å². The van der Waals surface area contributed by atoms with Gasteiger partial charge in [0.25, 0.3) is 10.0 Å². The number of methoxy groups -OCH3 is 1. The van der Waals surface area contributed by atoms with Gasteiger partial charge in [-0.2, -0.15) is 0 Å². The largest absolute Gasteiger partial charge is 0.495 e. The fraction of sp³-hybridized carbons (Fsp3) is 0.133. The van der Waals surface area contributed by atoms with Crippen LogP contribution in [0.1, 0.15) is 5.56 Å². The number of para-hydroxylation sites is 2. The Morgan fingerprint density at radius 2 is 1.77 bits per heavy atom. The van der Waals surface area contributed by atoms with Gasteiger partial charge in [-0.15, -0.1) is 0 Å². The van der Waals surface area contributed by atoms with Crippen molar-refractivity contribution in [2.24, 2.45) is 0 Å². The number of benzene rings is 2. The normalized spacial score (nSPS) is 11.0. The van der Waals surface area contributed by atoms with Crippen LogP contribution < -0.4 is 9.46 Å². The van der Waals surface area contributed by atoms with Crippen LogP contribution in [0.15, 0.2) is 53.4 Å². The zero-order valence-corrected chi connectivity index (χ0v) is 12.6. The number of aliphatic carboxylic acids is 1. The molecule has 22 heavy (non-hydrogen) atoms. The predicted octanol–water partition coefficient (Wildman–Crippen LogP) is 2.12. The summed E-state index contributed by atoms with van der Waals surface area (Å²) < 4.78 is 32.2. The van der Waals surface area contributed by atoms with Crippen LogP contribution in [0.4, 0.5) is 5.69 Å². The van der Waals surface area contributed by atoms with E-state index in [0.29, 0.717) is 17.0 Å². The molecule has 0 fully saturated rings. The Morgan fingerprint density at radius 1 is 1.14 bits per heavy atom. The molecule has 0 aliphatic heterocycles. The molecule has 0 radical (unpaired) electrons. The van der Waals surface area contributed by atoms with Crippen molar-refractivity contribution in [2.75, 3.05) is 11.8 Å². The minimum atomic E-state index is -3.77. The molecular formula is C15H15NO5S. The summed E-state index contributed by atoms with van der Waals surface area (Å²) in [6.45, 7) is 0. The van der Waals surface area contributed by atoms with Crippen molar-refractivity contribution in [3.63, 3.8) is 0 Å². The number of ether oxygens (including phenoxy) is 1. The number of carboxylic acids is 1. The van der Waals surface area contributed by atoms with Crippen molar-refractivity contribution in [3.05, 3.63) is 54.1 Å². The maximum atomic E-state index is 12.3. The fourth-order valence-electron chi connectivity index (χ4n) is 1.89. The summed E-state index contributed by atoms with van der Waals surface area (Å²) in [5.41, 5.74) is 0.864. The van der Waals surface area contributed by atoms with E-state index in [1.165, 1.54) is 31.4 Å². The molecule has 0 amide bonds. The number of carboxylic acid groups (broad SMARTS) is 1. The Labute approximate surface area is 128 Å². The first kappa shape index (κ1) is 15.8. The third kappa shape index (κ3) is 3.76. The molecule has 2 aromatic rings. The van der Waals surface area contributed by atoms with Crippen LogP contribution in [0.5, 0.6) is 5.75 Å². The van der Waals surface area contributed by atoms with Gasteiger partial charge in [0.15, 0.2) is 0 Å². The highest BCUT2D eigenvalue weighted by molar-refractivity contribution is 7.92. The summed E-state index contributed by atoms with van der Waals surface area (Å²) in [6.07, 6.45) is -0.153. The number of hydrogen-bond acceptors (Lipinski definition) is 4. The molecule has 0 unspecified atom stereocenters. The second-order valence-corrected chi connectivity index (χ2v) is 6.20. The zero-order chi connectivity index (χ0) is 16.2. The lowest BCUT2D eigenvalue weighted by Gasteiger charge is -2.11. The van der Waals surface area contributed by atoms with Crippen LogP contribution in [0.25, 0.3) is 0 Å². The monoisotopic (exact) mass is 321 g/mol. The Bertz CT molecular complexity index is 769. The standard InChI is InChI=1S/C15H15NO5S/c1-21-14-5-3-2-4-13(14)16-22(19,20)12-8-6-11(7-9-12)10-15(17)18/h2-9,16H,10H2,1H3,(H,17,18). The van der Waals surface area contributed by atoms with Gasteiger partial charge in [-0.3, -0.25) is 9.52 Å². The minimum Gasteiger partial charge on any atom is -0.495 e. The fourth-order valence-corrected chi connectivity index (χ4v) is 2.96. The van der Waals surface area contributed by atoms with E-state index in [0.717, 1.165) is 0 Å². The first-order valence-corrected chi connectivity index (χ1v) is 7.87. The molecule has 0 atom stereocenters. The summed E-state index contributed by atoms with van der Waals surface area (Å²) in [6, 6.07) is 12.4. The van der Waals surface area contributed by atoms with Crippen molar-refractivity contribution in [1.82, 2.24) is 0 Å². The highest BCUT2D eigenvalue weighted by Crippen LogP contribution is 2.26. The molecule has 0 spiro atoms. The molecule has 6 nitrogen and oxygen atoms in total. The molecule has 7 heteroatoms. The molecule has 116 valence electrons. The van der Waals surface area contributed by atoms with E-state index in [1.807, 2.05) is 0 Å². The maximum Gasteiger partial charge on any atom is 0.307 e. The van der Waals surface area contributed by atoms with Gasteiger partial charge in [-0.1, -0.05) is 24.3 Å². The van der Waals surface area contributed by atoms with Gasteiger partial charge in [0, 0.05) is 0 Å². The lowest BCUT2D eigenvalue weighted by Crippen LogP contribution is -2.13. The number of sulfonamides is 1. The summed E-state index contributed by atoms with van der Waals surface area (Å²) in [5.74, 6) is -0.559. The van der Waals surface area contributed by atoms with E-state index in [-0.39, 0.29) is 11.3 Å². The van der Waals surface area contributed by atoms with E-state index in [2.05, 4.69) is 4.72 Å².